The van der Waals surface area contributed by atoms with Gasteiger partial charge in [-0.25, -0.2) is 8.42 Å². The van der Waals surface area contributed by atoms with Crippen LogP contribution in [0.5, 0.6) is 0 Å². The van der Waals surface area contributed by atoms with Crippen LogP contribution in [0, 0.1) is 5.92 Å². The van der Waals surface area contributed by atoms with Crippen LogP contribution < -0.4 is 0 Å². The third-order valence-corrected chi connectivity index (χ3v) is 6.78. The van der Waals surface area contributed by atoms with Crippen LogP contribution in [0.3, 0.4) is 0 Å². The molecule has 2 unspecified atom stereocenters. The molecule has 0 radical (unpaired) electrons. The first kappa shape index (κ1) is 14.5. The number of carboxylic acid groups (broad SMARTS) is 1. The van der Waals surface area contributed by atoms with Crippen LogP contribution in [0.25, 0.3) is 0 Å². The Hall–Kier alpha value is -1.44. The van der Waals surface area contributed by atoms with E-state index in [0.29, 0.717) is 43.9 Å². The zero-order valence-corrected chi connectivity index (χ0v) is 12.5. The molecule has 1 aromatic heterocycles. The van der Waals surface area contributed by atoms with Crippen molar-refractivity contribution in [3.63, 3.8) is 0 Å². The molecule has 0 saturated carbocycles. The average molecular weight is 313 g/mol. The molecule has 1 saturated heterocycles. The number of rotatable bonds is 3. The fourth-order valence-corrected chi connectivity index (χ4v) is 5.07. The highest BCUT2D eigenvalue weighted by Crippen LogP contribution is 2.25. The maximum atomic E-state index is 12.1. The van der Waals surface area contributed by atoms with Crippen molar-refractivity contribution in [1.29, 1.82) is 0 Å². The van der Waals surface area contributed by atoms with Gasteiger partial charge in [-0.05, 0) is 19.3 Å². The lowest BCUT2D eigenvalue weighted by Crippen LogP contribution is -2.32. The summed E-state index contributed by atoms with van der Waals surface area (Å²) in [7, 11) is -3.03. The molecular formula is C13H19N3O4S. The molecule has 1 aromatic rings. The molecule has 21 heavy (non-hydrogen) atoms. The van der Waals surface area contributed by atoms with Crippen molar-refractivity contribution in [2.45, 2.75) is 50.3 Å². The fourth-order valence-electron chi connectivity index (χ4n) is 3.20. The van der Waals surface area contributed by atoms with Crippen molar-refractivity contribution in [1.82, 2.24) is 14.8 Å². The highest BCUT2D eigenvalue weighted by atomic mass is 32.2. The quantitative estimate of drug-likeness (QED) is 0.868. The smallest absolute Gasteiger partial charge is 0.307 e. The van der Waals surface area contributed by atoms with Gasteiger partial charge in [0.2, 0.25) is 0 Å². The number of hydrogen-bond acceptors (Lipinski definition) is 5. The predicted molar refractivity (Wildman–Crippen MR) is 74.6 cm³/mol. The van der Waals surface area contributed by atoms with Crippen molar-refractivity contribution < 1.29 is 18.3 Å². The van der Waals surface area contributed by atoms with Gasteiger partial charge in [0.05, 0.1) is 16.9 Å². The van der Waals surface area contributed by atoms with Crippen LogP contribution >= 0.6 is 0 Å². The van der Waals surface area contributed by atoms with Gasteiger partial charge in [0, 0.05) is 19.4 Å². The van der Waals surface area contributed by atoms with E-state index in [1.807, 2.05) is 4.57 Å². The number of aromatic nitrogens is 3. The molecule has 0 amide bonds. The summed E-state index contributed by atoms with van der Waals surface area (Å²) in [6.07, 6.45) is 3.68. The Kier molecular flexibility index (Phi) is 3.73. The summed E-state index contributed by atoms with van der Waals surface area (Å²) >= 11 is 0. The van der Waals surface area contributed by atoms with Crippen LogP contribution in [0.4, 0.5) is 0 Å². The number of sulfone groups is 1. The Labute approximate surface area is 123 Å². The van der Waals surface area contributed by atoms with Gasteiger partial charge in [-0.15, -0.1) is 10.2 Å². The Balaban J connectivity index is 1.78. The molecule has 0 spiro atoms. The first-order valence-electron chi connectivity index (χ1n) is 7.32. The Morgan fingerprint density at radius 1 is 1.29 bits per heavy atom. The molecule has 2 atom stereocenters. The second-order valence-corrected chi connectivity index (χ2v) is 8.30. The Morgan fingerprint density at radius 2 is 2.10 bits per heavy atom. The summed E-state index contributed by atoms with van der Waals surface area (Å²) in [5, 5.41) is 16.9. The lowest BCUT2D eigenvalue weighted by Gasteiger charge is -2.24. The van der Waals surface area contributed by atoms with Gasteiger partial charge in [-0.1, -0.05) is 6.42 Å². The number of fused-ring (bicyclic) bond motifs is 1. The van der Waals surface area contributed by atoms with Crippen molar-refractivity contribution >= 4 is 15.8 Å². The summed E-state index contributed by atoms with van der Waals surface area (Å²) in [5.74, 6) is 0.398. The second kappa shape index (κ2) is 5.40. The minimum Gasteiger partial charge on any atom is -0.481 e. The van der Waals surface area contributed by atoms with E-state index < -0.39 is 21.7 Å². The monoisotopic (exact) mass is 313 g/mol. The van der Waals surface area contributed by atoms with E-state index in [2.05, 4.69) is 10.2 Å². The molecule has 0 bridgehead atoms. The zero-order valence-electron chi connectivity index (χ0n) is 11.7. The number of hydrogen-bond donors (Lipinski definition) is 1. The minimum atomic E-state index is -3.03. The molecule has 1 N–H and O–H groups in total. The maximum absolute atomic E-state index is 12.1. The SMILES string of the molecule is O=C(O)C1CCn2c(nnc2CC2CCCCS2(=O)=O)C1. The summed E-state index contributed by atoms with van der Waals surface area (Å²) in [6, 6.07) is 0. The molecule has 3 heterocycles. The predicted octanol–water partition coefficient (Wildman–Crippen LogP) is 0.435. The second-order valence-electron chi connectivity index (χ2n) is 5.90. The van der Waals surface area contributed by atoms with Crippen LogP contribution in [-0.2, 0) is 34.0 Å². The number of carbonyl (C=O) groups is 1. The summed E-state index contributed by atoms with van der Waals surface area (Å²) in [5.41, 5.74) is 0. The first-order chi connectivity index (χ1) is 9.97. The topological polar surface area (TPSA) is 102 Å². The molecule has 8 heteroatoms. The summed E-state index contributed by atoms with van der Waals surface area (Å²) < 4.78 is 26.1. The van der Waals surface area contributed by atoms with E-state index in [9.17, 15) is 13.2 Å². The normalized spacial score (nSPS) is 28.0. The minimum absolute atomic E-state index is 0.264. The highest BCUT2D eigenvalue weighted by molar-refractivity contribution is 7.92. The van der Waals surface area contributed by atoms with Gasteiger partial charge in [0.25, 0.3) is 0 Å². The van der Waals surface area contributed by atoms with E-state index in [1.165, 1.54) is 0 Å². The van der Waals surface area contributed by atoms with Gasteiger partial charge < -0.3 is 9.67 Å². The standard InChI is InChI=1S/C13H19N3O4S/c17-13(18)9-4-5-16-11(7-9)14-15-12(16)8-10-3-1-2-6-21(10,19)20/h9-10H,1-8H2,(H,17,18). The third kappa shape index (κ3) is 2.81. The zero-order chi connectivity index (χ0) is 15.0. The summed E-state index contributed by atoms with van der Waals surface area (Å²) in [4.78, 5) is 11.0. The molecule has 2 aliphatic heterocycles. The van der Waals surface area contributed by atoms with Crippen LogP contribution in [0.2, 0.25) is 0 Å². The maximum Gasteiger partial charge on any atom is 0.307 e. The average Bonchev–Trinajstić information content (AvgIpc) is 2.83. The Morgan fingerprint density at radius 3 is 2.81 bits per heavy atom. The summed E-state index contributed by atoms with van der Waals surface area (Å²) in [6.45, 7) is 0.557. The molecular weight excluding hydrogens is 294 g/mol. The van der Waals surface area contributed by atoms with E-state index in [4.69, 9.17) is 5.11 Å². The molecule has 3 rings (SSSR count). The van der Waals surface area contributed by atoms with E-state index in [0.717, 1.165) is 12.8 Å². The van der Waals surface area contributed by atoms with E-state index in [-0.39, 0.29) is 11.0 Å². The van der Waals surface area contributed by atoms with E-state index in [1.54, 1.807) is 0 Å². The lowest BCUT2D eigenvalue weighted by atomic mass is 9.98. The van der Waals surface area contributed by atoms with Crippen molar-refractivity contribution in [3.8, 4) is 0 Å². The van der Waals surface area contributed by atoms with Crippen LogP contribution in [0.1, 0.15) is 37.3 Å². The van der Waals surface area contributed by atoms with Crippen LogP contribution in [-0.4, -0.2) is 45.3 Å². The van der Waals surface area contributed by atoms with Gasteiger partial charge >= 0.3 is 5.97 Å². The van der Waals surface area contributed by atoms with Crippen molar-refractivity contribution in [2.75, 3.05) is 5.75 Å². The van der Waals surface area contributed by atoms with Gasteiger partial charge in [-0.2, -0.15) is 0 Å². The molecule has 2 aliphatic rings. The fraction of sp³-hybridized carbons (Fsp3) is 0.769. The highest BCUT2D eigenvalue weighted by Gasteiger charge is 2.32. The molecule has 7 nitrogen and oxygen atoms in total. The number of carboxylic acids is 1. The van der Waals surface area contributed by atoms with Gasteiger partial charge in [0.15, 0.2) is 9.84 Å². The van der Waals surface area contributed by atoms with Gasteiger partial charge in [0.1, 0.15) is 11.6 Å². The largest absolute Gasteiger partial charge is 0.481 e. The molecule has 0 aliphatic carbocycles. The lowest BCUT2D eigenvalue weighted by molar-refractivity contribution is -0.142. The Bertz CT molecular complexity index is 652. The number of nitrogens with zero attached hydrogens (tertiary/aromatic N) is 3. The molecule has 1 fully saturated rings. The van der Waals surface area contributed by atoms with Crippen LogP contribution in [0.15, 0.2) is 0 Å². The first-order valence-corrected chi connectivity index (χ1v) is 9.04. The van der Waals surface area contributed by atoms with E-state index >= 15 is 0 Å². The van der Waals surface area contributed by atoms with Crippen molar-refractivity contribution in [2.24, 2.45) is 5.92 Å². The number of aliphatic carboxylic acids is 1. The van der Waals surface area contributed by atoms with Crippen molar-refractivity contribution in [3.05, 3.63) is 11.6 Å². The molecule has 116 valence electrons. The molecule has 0 aromatic carbocycles. The third-order valence-electron chi connectivity index (χ3n) is 4.51. The van der Waals surface area contributed by atoms with Gasteiger partial charge in [-0.3, -0.25) is 4.79 Å².